The monoisotopic (exact) mass is 356 g/mol. The maximum atomic E-state index is 12.2. The summed E-state index contributed by atoms with van der Waals surface area (Å²) in [6.45, 7) is -0.480. The maximum absolute atomic E-state index is 12.2. The number of alkyl carbamates (subject to hydrolysis) is 1. The lowest BCUT2D eigenvalue weighted by molar-refractivity contribution is -0.149. The van der Waals surface area contributed by atoms with Crippen LogP contribution in [-0.4, -0.2) is 30.6 Å². The zero-order valence-corrected chi connectivity index (χ0v) is 14.1. The van der Waals surface area contributed by atoms with Crippen molar-refractivity contribution < 1.29 is 23.9 Å². The third-order valence-corrected chi connectivity index (χ3v) is 3.43. The first kappa shape index (κ1) is 19.0. The molecule has 0 saturated heterocycles. The largest absolute Gasteiger partial charge is 0.454 e. The molecular formula is C19H20N2O5. The van der Waals surface area contributed by atoms with Crippen molar-refractivity contribution in [3.8, 4) is 0 Å². The van der Waals surface area contributed by atoms with Gasteiger partial charge >= 0.3 is 12.1 Å². The minimum absolute atomic E-state index is 0.0705. The van der Waals surface area contributed by atoms with Crippen LogP contribution < -0.4 is 11.1 Å². The third kappa shape index (κ3) is 6.64. The van der Waals surface area contributed by atoms with Crippen molar-refractivity contribution in [3.63, 3.8) is 0 Å². The number of nitrogens with one attached hydrogen (secondary N) is 1. The molecule has 0 aliphatic carbocycles. The number of hydrogen-bond donors (Lipinski definition) is 2. The fraction of sp³-hybridized carbons (Fsp3) is 0.211. The lowest BCUT2D eigenvalue weighted by Crippen LogP contribution is -2.44. The number of hydrogen-bond acceptors (Lipinski definition) is 5. The number of esters is 1. The summed E-state index contributed by atoms with van der Waals surface area (Å²) >= 11 is 0. The van der Waals surface area contributed by atoms with Gasteiger partial charge in [-0.25, -0.2) is 9.59 Å². The molecule has 0 fully saturated rings. The molecule has 2 rings (SSSR count). The fourth-order valence-corrected chi connectivity index (χ4v) is 2.19. The van der Waals surface area contributed by atoms with Gasteiger partial charge in [0, 0.05) is 6.42 Å². The summed E-state index contributed by atoms with van der Waals surface area (Å²) in [6, 6.07) is 17.2. The second-order valence-electron chi connectivity index (χ2n) is 5.52. The molecule has 2 aromatic rings. The van der Waals surface area contributed by atoms with Crippen molar-refractivity contribution in [2.45, 2.75) is 19.1 Å². The van der Waals surface area contributed by atoms with Crippen molar-refractivity contribution in [1.29, 1.82) is 0 Å². The highest BCUT2D eigenvalue weighted by Gasteiger charge is 2.24. The van der Waals surface area contributed by atoms with Crippen molar-refractivity contribution in [2.24, 2.45) is 5.73 Å². The van der Waals surface area contributed by atoms with E-state index in [0.29, 0.717) is 0 Å². The second-order valence-corrected chi connectivity index (χ2v) is 5.52. The van der Waals surface area contributed by atoms with E-state index in [1.807, 2.05) is 60.7 Å². The molecule has 0 saturated carbocycles. The smallest absolute Gasteiger partial charge is 0.408 e. The highest BCUT2D eigenvalue weighted by atomic mass is 16.6. The van der Waals surface area contributed by atoms with Crippen molar-refractivity contribution in [2.75, 3.05) is 6.61 Å². The predicted molar refractivity (Wildman–Crippen MR) is 93.9 cm³/mol. The van der Waals surface area contributed by atoms with Crippen LogP contribution in [0.5, 0.6) is 0 Å². The number of primary amides is 1. The first-order chi connectivity index (χ1) is 12.5. The summed E-state index contributed by atoms with van der Waals surface area (Å²) in [5.41, 5.74) is 6.61. The molecule has 0 heterocycles. The van der Waals surface area contributed by atoms with Crippen LogP contribution in [-0.2, 0) is 32.1 Å². The Morgan fingerprint density at radius 2 is 1.46 bits per heavy atom. The lowest BCUT2D eigenvalue weighted by Gasteiger charge is -2.17. The van der Waals surface area contributed by atoms with Crippen LogP contribution in [0.3, 0.4) is 0 Å². The van der Waals surface area contributed by atoms with E-state index in [0.717, 1.165) is 11.1 Å². The van der Waals surface area contributed by atoms with Gasteiger partial charge in [0.25, 0.3) is 5.91 Å². The van der Waals surface area contributed by atoms with E-state index >= 15 is 0 Å². The van der Waals surface area contributed by atoms with Gasteiger partial charge in [0.1, 0.15) is 12.6 Å². The number of nitrogens with two attached hydrogens (primary N) is 1. The summed E-state index contributed by atoms with van der Waals surface area (Å²) < 4.78 is 9.94. The van der Waals surface area contributed by atoms with E-state index in [1.54, 1.807) is 0 Å². The number of benzene rings is 2. The predicted octanol–water partition coefficient (Wildman–Crippen LogP) is 1.55. The van der Waals surface area contributed by atoms with Gasteiger partial charge in [-0.1, -0.05) is 60.7 Å². The molecule has 26 heavy (non-hydrogen) atoms. The number of carbonyl (C=O) groups is 3. The van der Waals surface area contributed by atoms with E-state index < -0.39 is 30.6 Å². The Morgan fingerprint density at radius 3 is 2.04 bits per heavy atom. The highest BCUT2D eigenvalue weighted by Crippen LogP contribution is 2.06. The van der Waals surface area contributed by atoms with Gasteiger partial charge < -0.3 is 20.5 Å². The van der Waals surface area contributed by atoms with Crippen LogP contribution >= 0.6 is 0 Å². The SMILES string of the molecule is NC(=O)COC(=O)[C@H](Cc1ccccc1)NC(=O)OCc1ccccc1. The molecule has 7 nitrogen and oxygen atoms in total. The zero-order valence-electron chi connectivity index (χ0n) is 14.1. The van der Waals surface area contributed by atoms with Gasteiger partial charge in [0.15, 0.2) is 6.61 Å². The molecule has 3 N–H and O–H groups in total. The van der Waals surface area contributed by atoms with Crippen LogP contribution in [0.2, 0.25) is 0 Å². The van der Waals surface area contributed by atoms with E-state index in [4.69, 9.17) is 15.2 Å². The molecular weight excluding hydrogens is 336 g/mol. The molecule has 0 spiro atoms. The van der Waals surface area contributed by atoms with Gasteiger partial charge in [-0.05, 0) is 11.1 Å². The van der Waals surface area contributed by atoms with Gasteiger partial charge in [-0.3, -0.25) is 4.79 Å². The molecule has 0 aromatic heterocycles. The van der Waals surface area contributed by atoms with Gasteiger partial charge in [-0.2, -0.15) is 0 Å². The molecule has 136 valence electrons. The standard InChI is InChI=1S/C19H20N2O5/c20-17(22)13-25-18(23)16(11-14-7-3-1-4-8-14)21-19(24)26-12-15-9-5-2-6-10-15/h1-10,16H,11-13H2,(H2,20,22)(H,21,24)/t16-/m0/s1. The van der Waals surface area contributed by atoms with Crippen LogP contribution in [0.4, 0.5) is 4.79 Å². The maximum Gasteiger partial charge on any atom is 0.408 e. The first-order valence-corrected chi connectivity index (χ1v) is 8.00. The van der Waals surface area contributed by atoms with Crippen LogP contribution in [0, 0.1) is 0 Å². The molecule has 7 heteroatoms. The van der Waals surface area contributed by atoms with Gasteiger partial charge in [0.05, 0.1) is 0 Å². The molecule has 0 aliphatic heterocycles. The molecule has 2 aromatic carbocycles. The summed E-state index contributed by atoms with van der Waals surface area (Å²) in [5.74, 6) is -1.53. The average molecular weight is 356 g/mol. The molecule has 0 radical (unpaired) electrons. The zero-order chi connectivity index (χ0) is 18.8. The number of amides is 2. The van der Waals surface area contributed by atoms with Crippen molar-refractivity contribution >= 4 is 18.0 Å². The summed E-state index contributed by atoms with van der Waals surface area (Å²) in [4.78, 5) is 35.0. The van der Waals surface area contributed by atoms with Gasteiger partial charge in [0.2, 0.25) is 0 Å². The Labute approximate surface area is 151 Å². The molecule has 2 amide bonds. The molecule has 0 bridgehead atoms. The summed E-state index contributed by atoms with van der Waals surface area (Å²) in [7, 11) is 0. The van der Waals surface area contributed by atoms with E-state index in [9.17, 15) is 14.4 Å². The fourth-order valence-electron chi connectivity index (χ4n) is 2.19. The number of carbonyl (C=O) groups excluding carboxylic acids is 3. The summed E-state index contributed by atoms with van der Waals surface area (Å²) in [6.07, 6.45) is -0.565. The normalized spacial score (nSPS) is 11.2. The minimum Gasteiger partial charge on any atom is -0.454 e. The van der Waals surface area contributed by atoms with E-state index in [-0.39, 0.29) is 13.0 Å². The minimum atomic E-state index is -1.000. The van der Waals surface area contributed by atoms with Crippen LogP contribution in [0.1, 0.15) is 11.1 Å². The quantitative estimate of drug-likeness (QED) is 0.698. The Morgan fingerprint density at radius 1 is 0.885 bits per heavy atom. The Hall–Kier alpha value is -3.35. The number of rotatable bonds is 8. The summed E-state index contributed by atoms with van der Waals surface area (Å²) in [5, 5.41) is 2.47. The van der Waals surface area contributed by atoms with Crippen molar-refractivity contribution in [1.82, 2.24) is 5.32 Å². The van der Waals surface area contributed by atoms with Crippen LogP contribution in [0.25, 0.3) is 0 Å². The topological polar surface area (TPSA) is 108 Å². The van der Waals surface area contributed by atoms with Gasteiger partial charge in [-0.15, -0.1) is 0 Å². The first-order valence-electron chi connectivity index (χ1n) is 8.00. The second kappa shape index (κ2) is 9.83. The molecule has 0 unspecified atom stereocenters. The van der Waals surface area contributed by atoms with Crippen LogP contribution in [0.15, 0.2) is 60.7 Å². The van der Waals surface area contributed by atoms with Crippen molar-refractivity contribution in [3.05, 3.63) is 71.8 Å². The Kier molecular flexibility index (Phi) is 7.17. The van der Waals surface area contributed by atoms with E-state index in [2.05, 4.69) is 5.32 Å². The molecule has 0 aliphatic rings. The highest BCUT2D eigenvalue weighted by molar-refractivity contribution is 5.84. The number of ether oxygens (including phenoxy) is 2. The Bertz CT molecular complexity index is 734. The third-order valence-electron chi connectivity index (χ3n) is 3.43. The molecule has 1 atom stereocenters. The average Bonchev–Trinajstić information content (AvgIpc) is 2.65. The lowest BCUT2D eigenvalue weighted by atomic mass is 10.1. The Balaban J connectivity index is 1.96. The van der Waals surface area contributed by atoms with E-state index in [1.165, 1.54) is 0 Å².